The summed E-state index contributed by atoms with van der Waals surface area (Å²) in [5, 5.41) is 5.07. The third-order valence-corrected chi connectivity index (χ3v) is 9.57. The van der Waals surface area contributed by atoms with Crippen molar-refractivity contribution in [2.24, 2.45) is 0 Å². The zero-order chi connectivity index (χ0) is 34.0. The zero-order valence-electron chi connectivity index (χ0n) is 28.3. The highest BCUT2D eigenvalue weighted by Crippen LogP contribution is 2.38. The molecule has 0 spiro atoms. The first-order valence-corrected chi connectivity index (χ1v) is 17.2. The topological polar surface area (TPSA) is 104 Å². The van der Waals surface area contributed by atoms with Crippen LogP contribution in [0.15, 0.2) is 60.9 Å². The largest absolute Gasteiger partial charge is 0.444 e. The van der Waals surface area contributed by atoms with Crippen molar-refractivity contribution in [3.05, 3.63) is 71.5 Å². The highest BCUT2D eigenvalue weighted by molar-refractivity contribution is 7.19. The van der Waals surface area contributed by atoms with Gasteiger partial charge in [0, 0.05) is 101 Å². The Bertz CT molecular complexity index is 1830. The van der Waals surface area contributed by atoms with E-state index in [1.54, 1.807) is 46.1 Å². The van der Waals surface area contributed by atoms with Crippen molar-refractivity contribution in [3.63, 3.8) is 0 Å². The fourth-order valence-corrected chi connectivity index (χ4v) is 7.09. The van der Waals surface area contributed by atoms with Crippen LogP contribution in [0.2, 0.25) is 0 Å². The smallest absolute Gasteiger partial charge is 0.410 e. The first-order valence-electron chi connectivity index (χ1n) is 16.4. The normalized spacial score (nSPS) is 15.4. The van der Waals surface area contributed by atoms with Crippen molar-refractivity contribution in [2.75, 3.05) is 58.3 Å². The molecular formula is C36H43N7O4S. The summed E-state index contributed by atoms with van der Waals surface area (Å²) < 4.78 is 8.28. The molecule has 0 radical (unpaired) electrons. The third-order valence-electron chi connectivity index (χ3n) is 8.49. The second-order valence-corrected chi connectivity index (χ2v) is 14.5. The molecule has 1 saturated heterocycles. The van der Waals surface area contributed by atoms with E-state index >= 15 is 0 Å². The minimum absolute atomic E-state index is 0.0756. The third kappa shape index (κ3) is 7.54. The number of fused-ring (bicyclic) bond motifs is 1. The molecule has 3 amide bonds. The van der Waals surface area contributed by atoms with E-state index in [4.69, 9.17) is 9.72 Å². The quantitative estimate of drug-likeness (QED) is 0.252. The van der Waals surface area contributed by atoms with Crippen molar-refractivity contribution in [3.8, 4) is 11.1 Å². The maximum Gasteiger partial charge on any atom is 0.410 e. The molecule has 11 nitrogen and oxygen atoms in total. The van der Waals surface area contributed by atoms with Gasteiger partial charge in [0.1, 0.15) is 10.6 Å². The number of piperazine rings is 1. The maximum absolute atomic E-state index is 13.2. The molecule has 12 heteroatoms. The number of ether oxygens (including phenoxy) is 1. The molecule has 0 unspecified atom stereocenters. The van der Waals surface area contributed by atoms with E-state index in [0.29, 0.717) is 57.8 Å². The number of hydrogen-bond acceptors (Lipinski definition) is 8. The summed E-state index contributed by atoms with van der Waals surface area (Å²) >= 11 is 1.56. The van der Waals surface area contributed by atoms with Gasteiger partial charge in [-0.2, -0.15) is 5.10 Å². The number of rotatable bonds is 7. The van der Waals surface area contributed by atoms with Crippen LogP contribution < -0.4 is 4.90 Å². The van der Waals surface area contributed by atoms with Crippen LogP contribution in [0, 0.1) is 0 Å². The lowest BCUT2D eigenvalue weighted by atomic mass is 10.00. The van der Waals surface area contributed by atoms with Gasteiger partial charge in [-0.05, 0) is 63.1 Å². The van der Waals surface area contributed by atoms with Crippen molar-refractivity contribution < 1.29 is 19.1 Å². The summed E-state index contributed by atoms with van der Waals surface area (Å²) in [6.45, 7) is 9.88. The van der Waals surface area contributed by atoms with E-state index in [0.717, 1.165) is 44.0 Å². The average Bonchev–Trinajstić information content (AvgIpc) is 3.76. The number of nitrogens with zero attached hydrogens (tertiary/aromatic N) is 7. The number of anilines is 1. The van der Waals surface area contributed by atoms with Gasteiger partial charge in [0.25, 0.3) is 5.91 Å². The summed E-state index contributed by atoms with van der Waals surface area (Å²) in [5.41, 5.74) is 4.82. The molecule has 0 aliphatic carbocycles. The van der Waals surface area contributed by atoms with E-state index < -0.39 is 5.60 Å². The Morgan fingerprint density at radius 2 is 1.77 bits per heavy atom. The van der Waals surface area contributed by atoms with Crippen LogP contribution in [-0.2, 0) is 16.1 Å². The van der Waals surface area contributed by atoms with Gasteiger partial charge in [0.2, 0.25) is 5.91 Å². The molecule has 0 bridgehead atoms. The highest BCUT2D eigenvalue weighted by atomic mass is 32.1. The molecule has 2 aromatic carbocycles. The Balaban J connectivity index is 1.25. The van der Waals surface area contributed by atoms with Crippen LogP contribution in [0.4, 0.5) is 10.5 Å². The second kappa shape index (κ2) is 13.8. The number of thiazole rings is 1. The van der Waals surface area contributed by atoms with Crippen LogP contribution in [0.25, 0.3) is 26.9 Å². The van der Waals surface area contributed by atoms with E-state index in [9.17, 15) is 14.4 Å². The molecule has 2 aliphatic rings. The lowest BCUT2D eigenvalue weighted by Gasteiger charge is -2.36. The molecule has 6 rings (SSSR count). The van der Waals surface area contributed by atoms with E-state index in [1.165, 1.54) is 0 Å². The monoisotopic (exact) mass is 669 g/mol. The SMILES string of the molecule is CN(C)C(=O)c1cc(-c2cccc(N3CCN(C(=O)OC(C)(C)C)CC3)c2)c2nc(C3=CCCN(C(=O)CCn4cccn4)C3)sc2c1. The molecule has 2 aliphatic heterocycles. The molecule has 0 N–H and O–H groups in total. The summed E-state index contributed by atoms with van der Waals surface area (Å²) in [6, 6.07) is 14.0. The van der Waals surface area contributed by atoms with Gasteiger partial charge in [0.05, 0.1) is 10.2 Å². The Kier molecular flexibility index (Phi) is 9.54. The average molecular weight is 670 g/mol. The molecule has 0 atom stereocenters. The van der Waals surface area contributed by atoms with E-state index in [-0.39, 0.29) is 17.9 Å². The minimum atomic E-state index is -0.530. The molecular weight excluding hydrogens is 627 g/mol. The van der Waals surface area contributed by atoms with Crippen LogP contribution in [0.3, 0.4) is 0 Å². The van der Waals surface area contributed by atoms with Gasteiger partial charge < -0.3 is 24.3 Å². The second-order valence-electron chi connectivity index (χ2n) is 13.4. The predicted molar refractivity (Wildman–Crippen MR) is 189 cm³/mol. The van der Waals surface area contributed by atoms with E-state index in [2.05, 4.69) is 34.3 Å². The summed E-state index contributed by atoms with van der Waals surface area (Å²) in [4.78, 5) is 51.6. The number of amides is 3. The number of hydrogen-bond donors (Lipinski definition) is 0. The number of aromatic nitrogens is 3. The molecule has 0 saturated carbocycles. The van der Waals surface area contributed by atoms with Gasteiger partial charge in [-0.3, -0.25) is 14.3 Å². The standard InChI is InChI=1S/C36H43N7O4S/c1-36(2,3)47-35(46)41-19-17-40(18-20-41)28-11-6-9-25(21-28)29-22-27(34(45)39(4)5)23-30-32(29)38-33(48-30)26-10-7-14-42(24-26)31(44)12-16-43-15-8-13-37-43/h6,8-11,13,15,21-23H,7,12,14,16-20,24H2,1-5H3. The fraction of sp³-hybridized carbons (Fsp3) is 0.417. The Labute approximate surface area is 285 Å². The number of carbonyl (C=O) groups excluding carboxylic acids is 3. The highest BCUT2D eigenvalue weighted by Gasteiger charge is 2.27. The lowest BCUT2D eigenvalue weighted by molar-refractivity contribution is -0.131. The van der Waals surface area contributed by atoms with Gasteiger partial charge in [-0.15, -0.1) is 11.3 Å². The van der Waals surface area contributed by atoms with Gasteiger partial charge in [-0.25, -0.2) is 9.78 Å². The molecule has 1 fully saturated rings. The zero-order valence-corrected chi connectivity index (χ0v) is 29.1. The summed E-state index contributed by atoms with van der Waals surface area (Å²) in [6.07, 6.45) is 6.63. The lowest BCUT2D eigenvalue weighted by Crippen LogP contribution is -2.50. The van der Waals surface area contributed by atoms with Crippen molar-refractivity contribution >= 4 is 50.7 Å². The Hall–Kier alpha value is -4.71. The summed E-state index contributed by atoms with van der Waals surface area (Å²) in [7, 11) is 3.51. The fourth-order valence-electron chi connectivity index (χ4n) is 6.03. The molecule has 4 aromatic rings. The van der Waals surface area contributed by atoms with Crippen LogP contribution in [0.1, 0.15) is 49.0 Å². The molecule has 4 heterocycles. The van der Waals surface area contributed by atoms with E-state index in [1.807, 2.05) is 56.1 Å². The number of aryl methyl sites for hydroxylation is 1. The molecule has 252 valence electrons. The van der Waals surface area contributed by atoms with Gasteiger partial charge in [-0.1, -0.05) is 18.2 Å². The predicted octanol–water partition coefficient (Wildman–Crippen LogP) is 5.62. The summed E-state index contributed by atoms with van der Waals surface area (Å²) in [5.74, 6) is 0.0221. The van der Waals surface area contributed by atoms with Crippen LogP contribution in [0.5, 0.6) is 0 Å². The van der Waals surface area contributed by atoms with Crippen molar-refractivity contribution in [1.82, 2.24) is 29.5 Å². The van der Waals surface area contributed by atoms with Gasteiger partial charge in [0.15, 0.2) is 0 Å². The molecule has 2 aromatic heterocycles. The van der Waals surface area contributed by atoms with Crippen LogP contribution >= 0.6 is 11.3 Å². The Morgan fingerprint density at radius 1 is 0.979 bits per heavy atom. The van der Waals surface area contributed by atoms with Crippen LogP contribution in [-0.4, -0.2) is 106 Å². The van der Waals surface area contributed by atoms with Gasteiger partial charge >= 0.3 is 6.09 Å². The Morgan fingerprint density at radius 3 is 2.48 bits per heavy atom. The first-order chi connectivity index (χ1) is 22.9. The molecule has 48 heavy (non-hydrogen) atoms. The van der Waals surface area contributed by atoms with Crippen molar-refractivity contribution in [2.45, 2.75) is 45.8 Å². The first kappa shape index (κ1) is 33.2. The maximum atomic E-state index is 13.2. The number of benzene rings is 2. The van der Waals surface area contributed by atoms with Crippen molar-refractivity contribution in [1.29, 1.82) is 0 Å². The number of carbonyl (C=O) groups is 3. The minimum Gasteiger partial charge on any atom is -0.444 e.